The average molecular weight is 275 g/mol. The van der Waals surface area contributed by atoms with E-state index in [0.29, 0.717) is 0 Å². The smallest absolute Gasteiger partial charge is 0.387 e. The second kappa shape index (κ2) is 6.79. The molecule has 0 fully saturated rings. The number of nitrogens with one attached hydrogen (secondary N) is 1. The van der Waals surface area contributed by atoms with Gasteiger partial charge in [0, 0.05) is 6.04 Å². The van der Waals surface area contributed by atoms with Gasteiger partial charge in [0.2, 0.25) is 0 Å². The predicted octanol–water partition coefficient (Wildman–Crippen LogP) is 1.68. The highest BCUT2D eigenvalue weighted by Gasteiger charge is 2.24. The van der Waals surface area contributed by atoms with Crippen molar-refractivity contribution >= 4 is 0 Å². The Balaban J connectivity index is 2.70. The first-order valence-corrected chi connectivity index (χ1v) is 5.94. The highest BCUT2D eigenvalue weighted by molar-refractivity contribution is 5.29. The molecule has 0 bridgehead atoms. The van der Waals surface area contributed by atoms with E-state index in [1.54, 1.807) is 19.1 Å². The van der Waals surface area contributed by atoms with Crippen LogP contribution in [0.1, 0.15) is 25.5 Å². The molecule has 0 aliphatic rings. The van der Waals surface area contributed by atoms with Gasteiger partial charge in [0.15, 0.2) is 0 Å². The maximum absolute atomic E-state index is 12.0. The first-order valence-electron chi connectivity index (χ1n) is 5.94. The van der Waals surface area contributed by atoms with Crippen LogP contribution in [0.4, 0.5) is 8.78 Å². The monoisotopic (exact) mass is 275 g/mol. The third-order valence-corrected chi connectivity index (χ3v) is 2.87. The van der Waals surface area contributed by atoms with Gasteiger partial charge in [-0.2, -0.15) is 8.78 Å². The van der Waals surface area contributed by atoms with E-state index in [9.17, 15) is 19.0 Å². The van der Waals surface area contributed by atoms with E-state index < -0.39 is 12.2 Å². The summed E-state index contributed by atoms with van der Waals surface area (Å²) in [7, 11) is 0. The van der Waals surface area contributed by atoms with Crippen molar-refractivity contribution in [3.05, 3.63) is 29.8 Å². The third kappa shape index (κ3) is 4.74. The van der Waals surface area contributed by atoms with E-state index in [2.05, 4.69) is 10.1 Å². The Morgan fingerprint density at radius 1 is 1.21 bits per heavy atom. The van der Waals surface area contributed by atoms with Crippen LogP contribution in [0, 0.1) is 0 Å². The summed E-state index contributed by atoms with van der Waals surface area (Å²) in [5.74, 6) is 0.0954. The van der Waals surface area contributed by atoms with E-state index in [0.717, 1.165) is 5.56 Å². The van der Waals surface area contributed by atoms with E-state index in [1.165, 1.54) is 12.1 Å². The van der Waals surface area contributed by atoms with Gasteiger partial charge in [-0.3, -0.25) is 0 Å². The summed E-state index contributed by atoms with van der Waals surface area (Å²) in [4.78, 5) is 0. The summed E-state index contributed by atoms with van der Waals surface area (Å²) in [6.07, 6.45) is 0. The van der Waals surface area contributed by atoms with Crippen LogP contribution in [-0.2, 0) is 0 Å². The molecule has 1 atom stereocenters. The van der Waals surface area contributed by atoms with Crippen molar-refractivity contribution in [2.24, 2.45) is 0 Å². The van der Waals surface area contributed by atoms with Gasteiger partial charge in [0.1, 0.15) is 5.75 Å². The van der Waals surface area contributed by atoms with Crippen molar-refractivity contribution in [1.82, 2.24) is 5.32 Å². The Kier molecular flexibility index (Phi) is 5.65. The Bertz CT molecular complexity index is 380. The molecule has 0 saturated heterocycles. The largest absolute Gasteiger partial charge is 0.435 e. The van der Waals surface area contributed by atoms with Crippen LogP contribution in [0.25, 0.3) is 0 Å². The van der Waals surface area contributed by atoms with Gasteiger partial charge < -0.3 is 20.3 Å². The van der Waals surface area contributed by atoms with Crippen LogP contribution < -0.4 is 10.1 Å². The fraction of sp³-hybridized carbons (Fsp3) is 0.538. The number of hydrogen-bond acceptors (Lipinski definition) is 4. The zero-order valence-corrected chi connectivity index (χ0v) is 10.9. The predicted molar refractivity (Wildman–Crippen MR) is 67.2 cm³/mol. The molecule has 4 nitrogen and oxygen atoms in total. The van der Waals surface area contributed by atoms with Crippen molar-refractivity contribution in [1.29, 1.82) is 0 Å². The van der Waals surface area contributed by atoms with Crippen LogP contribution in [0.2, 0.25) is 0 Å². The van der Waals surface area contributed by atoms with E-state index in [-0.39, 0.29) is 25.0 Å². The quantitative estimate of drug-likeness (QED) is 0.708. The molecule has 0 aliphatic heterocycles. The number of aliphatic hydroxyl groups excluding tert-OH is 2. The molecule has 19 heavy (non-hydrogen) atoms. The van der Waals surface area contributed by atoms with Crippen molar-refractivity contribution < 1.29 is 23.7 Å². The molecule has 108 valence electrons. The third-order valence-electron chi connectivity index (χ3n) is 2.87. The van der Waals surface area contributed by atoms with Gasteiger partial charge in [-0.25, -0.2) is 0 Å². The molecule has 1 rings (SSSR count). The summed E-state index contributed by atoms with van der Waals surface area (Å²) >= 11 is 0. The van der Waals surface area contributed by atoms with Crippen molar-refractivity contribution in [2.75, 3.05) is 13.2 Å². The minimum Gasteiger partial charge on any atom is -0.435 e. The molecule has 1 aromatic carbocycles. The fourth-order valence-electron chi connectivity index (χ4n) is 1.69. The van der Waals surface area contributed by atoms with Crippen LogP contribution in [-0.4, -0.2) is 35.6 Å². The lowest BCUT2D eigenvalue weighted by molar-refractivity contribution is -0.0498. The molecule has 6 heteroatoms. The van der Waals surface area contributed by atoms with Gasteiger partial charge in [-0.1, -0.05) is 12.1 Å². The zero-order chi connectivity index (χ0) is 14.5. The number of alkyl halides is 2. The number of aliphatic hydroxyl groups is 2. The van der Waals surface area contributed by atoms with E-state index in [1.807, 2.05) is 6.92 Å². The SMILES string of the molecule is CC(NC(C)(CO)CO)c1ccc(OC(F)F)cc1. The molecule has 0 aromatic heterocycles. The maximum atomic E-state index is 12.0. The standard InChI is InChI=1S/C13H19F2NO3/c1-9(16-13(2,7-17)8-18)10-3-5-11(6-4-10)19-12(14)15/h3-6,9,12,16-18H,7-8H2,1-2H3. The molecule has 1 unspecified atom stereocenters. The lowest BCUT2D eigenvalue weighted by atomic mass is 10.0. The van der Waals surface area contributed by atoms with Gasteiger partial charge in [-0.15, -0.1) is 0 Å². The molecule has 0 amide bonds. The van der Waals surface area contributed by atoms with Crippen LogP contribution >= 0.6 is 0 Å². The summed E-state index contributed by atoms with van der Waals surface area (Å²) < 4.78 is 28.3. The number of benzene rings is 1. The Morgan fingerprint density at radius 2 is 1.74 bits per heavy atom. The van der Waals surface area contributed by atoms with Crippen LogP contribution in [0.5, 0.6) is 5.75 Å². The normalized spacial score (nSPS) is 13.6. The molecule has 3 N–H and O–H groups in total. The first-order chi connectivity index (χ1) is 8.90. The average Bonchev–Trinajstić information content (AvgIpc) is 2.38. The minimum absolute atomic E-state index is 0.0954. The zero-order valence-electron chi connectivity index (χ0n) is 10.9. The van der Waals surface area contributed by atoms with Gasteiger partial charge in [0.25, 0.3) is 0 Å². The summed E-state index contributed by atoms with van der Waals surface area (Å²) in [6.45, 7) is 0.291. The van der Waals surface area contributed by atoms with Gasteiger partial charge in [-0.05, 0) is 31.5 Å². The topological polar surface area (TPSA) is 61.7 Å². The summed E-state index contributed by atoms with van der Waals surface area (Å²) in [5, 5.41) is 21.5. The Hall–Kier alpha value is -1.24. The van der Waals surface area contributed by atoms with Crippen LogP contribution in [0.15, 0.2) is 24.3 Å². The molecule has 0 heterocycles. The number of halogens is 2. The van der Waals surface area contributed by atoms with E-state index >= 15 is 0 Å². The summed E-state index contributed by atoms with van der Waals surface area (Å²) in [6, 6.07) is 6.07. The number of hydrogen-bond donors (Lipinski definition) is 3. The fourth-order valence-corrected chi connectivity index (χ4v) is 1.69. The van der Waals surface area contributed by atoms with E-state index in [4.69, 9.17) is 0 Å². The number of rotatable bonds is 7. The molecule has 0 saturated carbocycles. The lowest BCUT2D eigenvalue weighted by Crippen LogP contribution is -2.49. The highest BCUT2D eigenvalue weighted by Crippen LogP contribution is 2.20. The molecular formula is C13H19F2NO3. The lowest BCUT2D eigenvalue weighted by Gasteiger charge is -2.30. The van der Waals surface area contributed by atoms with Crippen molar-refractivity contribution in [3.63, 3.8) is 0 Å². The molecule has 0 radical (unpaired) electrons. The second-order valence-electron chi connectivity index (χ2n) is 4.69. The van der Waals surface area contributed by atoms with Crippen LogP contribution in [0.3, 0.4) is 0 Å². The molecule has 1 aromatic rings. The Morgan fingerprint density at radius 3 is 2.16 bits per heavy atom. The van der Waals surface area contributed by atoms with Gasteiger partial charge in [0.05, 0.1) is 18.8 Å². The first kappa shape index (κ1) is 15.8. The second-order valence-corrected chi connectivity index (χ2v) is 4.69. The minimum atomic E-state index is -2.84. The maximum Gasteiger partial charge on any atom is 0.387 e. The highest BCUT2D eigenvalue weighted by atomic mass is 19.3. The molecule has 0 spiro atoms. The molecule has 0 aliphatic carbocycles. The van der Waals surface area contributed by atoms with Crippen molar-refractivity contribution in [2.45, 2.75) is 32.0 Å². The van der Waals surface area contributed by atoms with Gasteiger partial charge >= 0.3 is 6.61 Å². The number of ether oxygens (including phenoxy) is 1. The molecular weight excluding hydrogens is 256 g/mol. The Labute approximate surface area is 111 Å². The van der Waals surface area contributed by atoms with Crippen molar-refractivity contribution in [3.8, 4) is 5.75 Å². The summed E-state index contributed by atoms with van der Waals surface area (Å²) in [5.41, 5.74) is 0.0483.